The highest BCUT2D eigenvalue weighted by molar-refractivity contribution is 5.31. The van der Waals surface area contributed by atoms with Gasteiger partial charge < -0.3 is 4.74 Å². The SMILES string of the molecule is CCC/C=C/C1CCC(/C=C/CCC2CCC(OC(F)(F)c3ccc(C4CCC(CCC)CC4)c(F)c3F)CC2)CC1. The van der Waals surface area contributed by atoms with Crippen LogP contribution in [-0.4, -0.2) is 6.10 Å². The van der Waals surface area contributed by atoms with E-state index in [2.05, 4.69) is 38.2 Å². The summed E-state index contributed by atoms with van der Waals surface area (Å²) < 4.78 is 65.3. The summed E-state index contributed by atoms with van der Waals surface area (Å²) in [6.07, 6.45) is 23.1. The third-order valence-corrected chi connectivity index (χ3v) is 10.3. The van der Waals surface area contributed by atoms with Crippen molar-refractivity contribution in [3.8, 4) is 0 Å². The van der Waals surface area contributed by atoms with Gasteiger partial charge in [-0.2, -0.15) is 8.78 Å². The maximum absolute atomic E-state index is 15.1. The first kappa shape index (κ1) is 33.3. The molecule has 4 rings (SSSR count). The lowest BCUT2D eigenvalue weighted by Crippen LogP contribution is -2.30. The Morgan fingerprint density at radius 2 is 1.26 bits per heavy atom. The van der Waals surface area contributed by atoms with Gasteiger partial charge in [0.05, 0.1) is 11.7 Å². The minimum absolute atomic E-state index is 0.103. The Balaban J connectivity index is 1.18. The van der Waals surface area contributed by atoms with Gasteiger partial charge in [0.1, 0.15) is 0 Å². The van der Waals surface area contributed by atoms with Crippen molar-refractivity contribution in [2.24, 2.45) is 23.7 Å². The maximum atomic E-state index is 15.1. The van der Waals surface area contributed by atoms with Gasteiger partial charge in [-0.05, 0) is 138 Å². The van der Waals surface area contributed by atoms with Crippen LogP contribution < -0.4 is 0 Å². The predicted molar refractivity (Wildman–Crippen MR) is 165 cm³/mol. The van der Waals surface area contributed by atoms with Crippen LogP contribution in [0.3, 0.4) is 0 Å². The van der Waals surface area contributed by atoms with E-state index in [4.69, 9.17) is 4.74 Å². The second-order valence-corrected chi connectivity index (χ2v) is 13.5. The molecule has 3 aliphatic carbocycles. The average molecular weight is 591 g/mol. The highest BCUT2D eigenvalue weighted by Gasteiger charge is 2.41. The molecular formula is C37H54F4O. The van der Waals surface area contributed by atoms with Crippen molar-refractivity contribution in [1.29, 1.82) is 0 Å². The molecule has 3 saturated carbocycles. The molecule has 0 aromatic heterocycles. The number of benzene rings is 1. The number of rotatable bonds is 13. The molecule has 0 unspecified atom stereocenters. The number of hydrogen-bond acceptors (Lipinski definition) is 1. The van der Waals surface area contributed by atoms with Crippen molar-refractivity contribution in [3.05, 3.63) is 59.2 Å². The molecular weight excluding hydrogens is 536 g/mol. The minimum Gasteiger partial charge on any atom is -0.313 e. The van der Waals surface area contributed by atoms with Crippen molar-refractivity contribution in [2.75, 3.05) is 0 Å². The Labute approximate surface area is 252 Å². The fourth-order valence-corrected chi connectivity index (χ4v) is 7.69. The van der Waals surface area contributed by atoms with Crippen molar-refractivity contribution in [1.82, 2.24) is 0 Å². The Kier molecular flexibility index (Phi) is 13.0. The molecule has 3 fully saturated rings. The fourth-order valence-electron chi connectivity index (χ4n) is 7.69. The lowest BCUT2D eigenvalue weighted by Gasteiger charge is -2.32. The third-order valence-electron chi connectivity index (χ3n) is 10.3. The zero-order valence-electron chi connectivity index (χ0n) is 26.1. The summed E-state index contributed by atoms with van der Waals surface area (Å²) >= 11 is 0. The molecule has 0 heterocycles. The van der Waals surface area contributed by atoms with E-state index in [9.17, 15) is 4.39 Å². The molecule has 0 bridgehead atoms. The van der Waals surface area contributed by atoms with Crippen LogP contribution in [0.5, 0.6) is 0 Å². The lowest BCUT2D eigenvalue weighted by molar-refractivity contribution is -0.279. The lowest BCUT2D eigenvalue weighted by atomic mass is 9.77. The van der Waals surface area contributed by atoms with E-state index in [0.717, 1.165) is 76.2 Å². The molecule has 1 aromatic carbocycles. The predicted octanol–water partition coefficient (Wildman–Crippen LogP) is 12.2. The van der Waals surface area contributed by atoms with Gasteiger partial charge in [-0.1, -0.05) is 63.5 Å². The van der Waals surface area contributed by atoms with Crippen molar-refractivity contribution in [3.63, 3.8) is 0 Å². The van der Waals surface area contributed by atoms with E-state index < -0.39 is 29.4 Å². The van der Waals surface area contributed by atoms with Crippen LogP contribution >= 0.6 is 0 Å². The summed E-state index contributed by atoms with van der Waals surface area (Å²) in [5.74, 6) is -0.0975. The van der Waals surface area contributed by atoms with E-state index in [1.165, 1.54) is 44.6 Å². The van der Waals surface area contributed by atoms with Crippen molar-refractivity contribution >= 4 is 0 Å². The summed E-state index contributed by atoms with van der Waals surface area (Å²) in [6.45, 7) is 4.38. The summed E-state index contributed by atoms with van der Waals surface area (Å²) in [6, 6.07) is 2.43. The van der Waals surface area contributed by atoms with Gasteiger partial charge >= 0.3 is 6.11 Å². The van der Waals surface area contributed by atoms with Gasteiger partial charge in [0.2, 0.25) is 0 Å². The van der Waals surface area contributed by atoms with Crippen molar-refractivity contribution < 1.29 is 22.3 Å². The van der Waals surface area contributed by atoms with Crippen LogP contribution in [0.25, 0.3) is 0 Å². The molecule has 1 aromatic rings. The van der Waals surface area contributed by atoms with Crippen LogP contribution in [-0.2, 0) is 10.8 Å². The summed E-state index contributed by atoms with van der Waals surface area (Å²) in [7, 11) is 0. The molecule has 3 aliphatic rings. The molecule has 0 atom stereocenters. The number of unbranched alkanes of at least 4 members (excludes halogenated alkanes) is 1. The first-order valence-electron chi connectivity index (χ1n) is 17.2. The maximum Gasteiger partial charge on any atom is 0.386 e. The van der Waals surface area contributed by atoms with Crippen LogP contribution in [0.1, 0.15) is 146 Å². The van der Waals surface area contributed by atoms with Gasteiger partial charge in [-0.25, -0.2) is 8.78 Å². The van der Waals surface area contributed by atoms with Gasteiger partial charge in [-0.15, -0.1) is 0 Å². The van der Waals surface area contributed by atoms with E-state index in [1.807, 2.05) is 0 Å². The number of hydrogen-bond donors (Lipinski definition) is 0. The minimum atomic E-state index is -3.84. The molecule has 42 heavy (non-hydrogen) atoms. The Bertz CT molecular complexity index is 993. The third kappa shape index (κ3) is 9.44. The smallest absolute Gasteiger partial charge is 0.313 e. The quantitative estimate of drug-likeness (QED) is 0.164. The fraction of sp³-hybridized carbons (Fsp3) is 0.730. The normalized spacial score (nSPS) is 29.5. The molecule has 0 N–H and O–H groups in total. The molecule has 0 amide bonds. The van der Waals surface area contributed by atoms with E-state index in [1.54, 1.807) is 0 Å². The number of allylic oxidation sites excluding steroid dienone is 4. The van der Waals surface area contributed by atoms with Crippen LogP contribution in [0.4, 0.5) is 17.6 Å². The Morgan fingerprint density at radius 1 is 0.690 bits per heavy atom. The van der Waals surface area contributed by atoms with E-state index >= 15 is 13.2 Å². The zero-order valence-corrected chi connectivity index (χ0v) is 26.1. The van der Waals surface area contributed by atoms with Crippen LogP contribution in [0.15, 0.2) is 36.4 Å². The molecule has 0 saturated heterocycles. The Morgan fingerprint density at radius 3 is 1.86 bits per heavy atom. The van der Waals surface area contributed by atoms with Crippen LogP contribution in [0, 0.1) is 35.3 Å². The molecule has 0 radical (unpaired) electrons. The average Bonchev–Trinajstić information content (AvgIpc) is 2.99. The Hall–Kier alpha value is -1.62. The zero-order chi connectivity index (χ0) is 30.0. The molecule has 1 nitrogen and oxygen atoms in total. The number of alkyl halides is 2. The van der Waals surface area contributed by atoms with Gasteiger partial charge in [0, 0.05) is 0 Å². The van der Waals surface area contributed by atoms with E-state index in [0.29, 0.717) is 30.6 Å². The first-order chi connectivity index (χ1) is 20.3. The summed E-state index contributed by atoms with van der Waals surface area (Å²) in [5.41, 5.74) is -0.731. The molecule has 0 spiro atoms. The monoisotopic (exact) mass is 590 g/mol. The highest BCUT2D eigenvalue weighted by atomic mass is 19.3. The van der Waals surface area contributed by atoms with Crippen LogP contribution in [0.2, 0.25) is 0 Å². The van der Waals surface area contributed by atoms with E-state index in [-0.39, 0.29) is 11.5 Å². The summed E-state index contributed by atoms with van der Waals surface area (Å²) in [5, 5.41) is 0. The largest absolute Gasteiger partial charge is 0.386 e. The second-order valence-electron chi connectivity index (χ2n) is 13.5. The molecule has 5 heteroatoms. The molecule has 236 valence electrons. The van der Waals surface area contributed by atoms with Crippen molar-refractivity contribution in [2.45, 2.75) is 148 Å². The van der Waals surface area contributed by atoms with Gasteiger partial charge in [0.15, 0.2) is 11.6 Å². The highest BCUT2D eigenvalue weighted by Crippen LogP contribution is 2.42. The molecule has 0 aliphatic heterocycles. The number of halogens is 4. The number of ether oxygens (including phenoxy) is 1. The standard InChI is InChI=1S/C37H54F4O/c1-3-5-6-10-28-13-15-29(16-14-28)11-7-8-12-30-19-23-32(24-20-30)42-37(40,41)34-26-25-33(35(38)36(34)39)31-21-17-27(9-4-2)18-22-31/h6-7,10-11,25-32H,3-5,8-9,12-24H2,1-2H3/b10-6+,11-7+. The van der Waals surface area contributed by atoms with Gasteiger partial charge in [-0.3, -0.25) is 0 Å². The van der Waals surface area contributed by atoms with Gasteiger partial charge in [0.25, 0.3) is 0 Å². The summed E-state index contributed by atoms with van der Waals surface area (Å²) in [4.78, 5) is 0. The topological polar surface area (TPSA) is 9.23 Å². The second kappa shape index (κ2) is 16.5. The first-order valence-corrected chi connectivity index (χ1v) is 17.2.